The molecule has 0 saturated carbocycles. The van der Waals surface area contributed by atoms with Crippen molar-refractivity contribution in [1.29, 1.82) is 0 Å². The van der Waals surface area contributed by atoms with Crippen molar-refractivity contribution in [3.8, 4) is 22.8 Å². The van der Waals surface area contributed by atoms with Gasteiger partial charge in [0, 0.05) is 10.6 Å². The summed E-state index contributed by atoms with van der Waals surface area (Å²) in [5.41, 5.74) is 1.27. The summed E-state index contributed by atoms with van der Waals surface area (Å²) in [4.78, 5) is 12.1. The largest absolute Gasteiger partial charge is 0.486 e. The van der Waals surface area contributed by atoms with E-state index in [-0.39, 0.29) is 5.69 Å². The van der Waals surface area contributed by atoms with Crippen molar-refractivity contribution in [3.05, 3.63) is 56.8 Å². The molecule has 9 heteroatoms. The molecule has 7 nitrogen and oxygen atoms in total. The number of rotatable bonds is 3. The Kier molecular flexibility index (Phi) is 4.40. The molecule has 1 aliphatic heterocycles. The molecule has 0 radical (unpaired) electrons. The van der Waals surface area contributed by atoms with Crippen LogP contribution >= 0.6 is 23.2 Å². The van der Waals surface area contributed by atoms with E-state index in [2.05, 4.69) is 20.4 Å². The van der Waals surface area contributed by atoms with Crippen molar-refractivity contribution in [3.63, 3.8) is 0 Å². The second kappa shape index (κ2) is 6.86. The minimum absolute atomic E-state index is 0.123. The van der Waals surface area contributed by atoms with Gasteiger partial charge in [0.2, 0.25) is 0 Å². The molecule has 1 aliphatic rings. The number of azo groups is 1. The Hall–Kier alpha value is -2.77. The van der Waals surface area contributed by atoms with Crippen LogP contribution in [0.15, 0.2) is 51.4 Å². The van der Waals surface area contributed by atoms with Crippen LogP contribution in [0, 0.1) is 0 Å². The fourth-order valence-corrected chi connectivity index (χ4v) is 2.84. The Morgan fingerprint density at radius 2 is 1.73 bits per heavy atom. The number of fused-ring (bicyclic) bond motifs is 1. The van der Waals surface area contributed by atoms with Crippen molar-refractivity contribution < 1.29 is 9.47 Å². The average molecular weight is 391 g/mol. The minimum Gasteiger partial charge on any atom is -0.486 e. The zero-order valence-corrected chi connectivity index (χ0v) is 14.8. The standard InChI is InChI=1S/C17H12Cl2N4O3/c18-10-2-3-11(19)12(8-10)20-22-16-15(21-23-17(16)24)9-1-4-13-14(7-9)26-6-5-25-13/h1-4,7-8H,5-6H2,(H2,21,23,24). The van der Waals surface area contributed by atoms with E-state index >= 15 is 0 Å². The van der Waals surface area contributed by atoms with Crippen LogP contribution < -0.4 is 15.0 Å². The molecule has 0 aliphatic carbocycles. The van der Waals surface area contributed by atoms with Crippen molar-refractivity contribution in [2.75, 3.05) is 13.2 Å². The third-order valence-corrected chi connectivity index (χ3v) is 4.30. The summed E-state index contributed by atoms with van der Waals surface area (Å²) in [5, 5.41) is 14.3. The van der Waals surface area contributed by atoms with Crippen LogP contribution in [-0.4, -0.2) is 23.4 Å². The summed E-state index contributed by atoms with van der Waals surface area (Å²) in [5.74, 6) is 1.27. The predicted molar refractivity (Wildman–Crippen MR) is 98.5 cm³/mol. The second-order valence-corrected chi connectivity index (χ2v) is 6.30. The highest BCUT2D eigenvalue weighted by atomic mass is 35.5. The van der Waals surface area contributed by atoms with Crippen molar-refractivity contribution in [2.45, 2.75) is 0 Å². The molecule has 2 aromatic carbocycles. The molecule has 0 fully saturated rings. The van der Waals surface area contributed by atoms with Gasteiger partial charge in [0.05, 0.1) is 10.7 Å². The van der Waals surface area contributed by atoms with Gasteiger partial charge in [0.15, 0.2) is 17.2 Å². The molecule has 2 N–H and O–H groups in total. The van der Waals surface area contributed by atoms with Crippen LogP contribution in [-0.2, 0) is 0 Å². The summed E-state index contributed by atoms with van der Waals surface area (Å²) in [6.45, 7) is 0.979. The number of nitrogens with one attached hydrogen (secondary N) is 2. The second-order valence-electron chi connectivity index (χ2n) is 5.46. The van der Waals surface area contributed by atoms with Crippen molar-refractivity contribution >= 4 is 34.6 Å². The minimum atomic E-state index is -0.406. The quantitative estimate of drug-likeness (QED) is 0.625. The van der Waals surface area contributed by atoms with Crippen molar-refractivity contribution in [2.24, 2.45) is 10.2 Å². The van der Waals surface area contributed by atoms with Crippen LogP contribution in [0.3, 0.4) is 0 Å². The number of aromatic nitrogens is 2. The molecule has 4 rings (SSSR count). The summed E-state index contributed by atoms with van der Waals surface area (Å²) >= 11 is 12.0. The fourth-order valence-electron chi connectivity index (χ4n) is 2.52. The SMILES string of the molecule is O=c1[nH][nH]c(-c2ccc3c(c2)OCCO3)c1N=Nc1cc(Cl)ccc1Cl. The van der Waals surface area contributed by atoms with Gasteiger partial charge < -0.3 is 9.47 Å². The average Bonchev–Trinajstić information content (AvgIpc) is 3.02. The lowest BCUT2D eigenvalue weighted by Crippen LogP contribution is -2.15. The van der Waals surface area contributed by atoms with Crippen molar-refractivity contribution in [1.82, 2.24) is 10.2 Å². The van der Waals surface area contributed by atoms with Gasteiger partial charge in [0.1, 0.15) is 18.9 Å². The number of benzene rings is 2. The zero-order valence-electron chi connectivity index (χ0n) is 13.3. The number of ether oxygens (including phenoxy) is 2. The number of hydrogen-bond donors (Lipinski definition) is 2. The highest BCUT2D eigenvalue weighted by Crippen LogP contribution is 2.36. The number of halogens is 2. The first-order chi connectivity index (χ1) is 12.6. The Morgan fingerprint density at radius 1 is 0.923 bits per heavy atom. The molecule has 0 spiro atoms. The maximum atomic E-state index is 12.1. The summed E-state index contributed by atoms with van der Waals surface area (Å²) in [7, 11) is 0. The van der Waals surface area contributed by atoms with Gasteiger partial charge >= 0.3 is 0 Å². The molecule has 2 heterocycles. The molecule has 0 unspecified atom stereocenters. The third-order valence-electron chi connectivity index (χ3n) is 3.75. The summed E-state index contributed by atoms with van der Waals surface area (Å²) in [6.07, 6.45) is 0. The maximum absolute atomic E-state index is 12.1. The first kappa shape index (κ1) is 16.7. The summed E-state index contributed by atoms with van der Waals surface area (Å²) in [6, 6.07) is 10.2. The van der Waals surface area contributed by atoms with Gasteiger partial charge in [-0.2, -0.15) is 0 Å². The van der Waals surface area contributed by atoms with E-state index in [1.165, 1.54) is 0 Å². The normalized spacial score (nSPS) is 13.3. The van der Waals surface area contributed by atoms with E-state index in [9.17, 15) is 4.79 Å². The Balaban J connectivity index is 1.73. The van der Waals surface area contributed by atoms with Crippen LogP contribution in [0.5, 0.6) is 11.5 Å². The molecule has 26 heavy (non-hydrogen) atoms. The molecular formula is C17H12Cl2N4O3. The smallest absolute Gasteiger partial charge is 0.292 e. The highest BCUT2D eigenvalue weighted by molar-refractivity contribution is 6.35. The number of hydrogen-bond acceptors (Lipinski definition) is 5. The number of nitrogens with zero attached hydrogens (tertiary/aromatic N) is 2. The van der Waals surface area contributed by atoms with Gasteiger partial charge in [-0.3, -0.25) is 15.0 Å². The van der Waals surface area contributed by atoms with Crippen LogP contribution in [0.2, 0.25) is 10.0 Å². The first-order valence-electron chi connectivity index (χ1n) is 7.69. The predicted octanol–water partition coefficient (Wildman–Crippen LogP) is 4.86. The topological polar surface area (TPSA) is 91.8 Å². The molecule has 0 amide bonds. The van der Waals surface area contributed by atoms with Gasteiger partial charge in [0.25, 0.3) is 5.56 Å². The molecule has 3 aromatic rings. The monoisotopic (exact) mass is 390 g/mol. The van der Waals surface area contributed by atoms with Gasteiger partial charge in [-0.05, 0) is 36.4 Å². The fraction of sp³-hybridized carbons (Fsp3) is 0.118. The van der Waals surface area contributed by atoms with E-state index in [1.807, 2.05) is 0 Å². The van der Waals surface area contributed by atoms with Gasteiger partial charge in [-0.25, -0.2) is 0 Å². The van der Waals surface area contributed by atoms with Crippen LogP contribution in [0.1, 0.15) is 0 Å². The van der Waals surface area contributed by atoms with Crippen LogP contribution in [0.4, 0.5) is 11.4 Å². The number of H-pyrrole nitrogens is 2. The first-order valence-corrected chi connectivity index (χ1v) is 8.45. The lowest BCUT2D eigenvalue weighted by molar-refractivity contribution is 0.171. The molecule has 132 valence electrons. The third kappa shape index (κ3) is 3.18. The van der Waals surface area contributed by atoms with Gasteiger partial charge in [-0.15, -0.1) is 10.2 Å². The Morgan fingerprint density at radius 3 is 2.58 bits per heavy atom. The lowest BCUT2D eigenvalue weighted by Gasteiger charge is -2.18. The molecule has 0 atom stereocenters. The summed E-state index contributed by atoms with van der Waals surface area (Å²) < 4.78 is 11.1. The Labute approximate surface area is 157 Å². The van der Waals surface area contributed by atoms with Gasteiger partial charge in [-0.1, -0.05) is 23.2 Å². The lowest BCUT2D eigenvalue weighted by atomic mass is 10.1. The van der Waals surface area contributed by atoms with E-state index in [0.29, 0.717) is 51.7 Å². The highest BCUT2D eigenvalue weighted by Gasteiger charge is 2.17. The number of aromatic amines is 2. The van der Waals surface area contributed by atoms with E-state index < -0.39 is 5.56 Å². The Bertz CT molecular complexity index is 1060. The van der Waals surface area contributed by atoms with E-state index in [1.54, 1.807) is 36.4 Å². The molecule has 0 saturated heterocycles. The van der Waals surface area contributed by atoms with Crippen LogP contribution in [0.25, 0.3) is 11.3 Å². The maximum Gasteiger partial charge on any atom is 0.292 e. The molecule has 1 aromatic heterocycles. The molecular weight excluding hydrogens is 379 g/mol. The van der Waals surface area contributed by atoms with E-state index in [4.69, 9.17) is 32.7 Å². The zero-order chi connectivity index (χ0) is 18.1. The molecule has 0 bridgehead atoms. The van der Waals surface area contributed by atoms with E-state index in [0.717, 1.165) is 0 Å².